The highest BCUT2D eigenvalue weighted by molar-refractivity contribution is 5.53. The van der Waals surface area contributed by atoms with Crippen LogP contribution in [-0.4, -0.2) is 31.3 Å². The van der Waals surface area contributed by atoms with E-state index in [1.54, 1.807) is 0 Å². The zero-order valence-corrected chi connectivity index (χ0v) is 11.5. The Balaban J connectivity index is 2.20. The third-order valence-corrected chi connectivity index (χ3v) is 2.46. The minimum atomic E-state index is 0.821. The van der Waals surface area contributed by atoms with Crippen LogP contribution in [0.25, 0.3) is 0 Å². The van der Waals surface area contributed by atoms with Gasteiger partial charge in [0.15, 0.2) is 0 Å². The Morgan fingerprint density at radius 2 is 1.72 bits per heavy atom. The Bertz CT molecular complexity index is 318. The topological polar surface area (TPSA) is 46.2 Å². The van der Waals surface area contributed by atoms with Crippen molar-refractivity contribution in [3.63, 3.8) is 0 Å². The van der Waals surface area contributed by atoms with Crippen LogP contribution in [0.3, 0.4) is 0 Å². The van der Waals surface area contributed by atoms with Crippen LogP contribution in [0.2, 0.25) is 0 Å². The lowest BCUT2D eigenvalue weighted by molar-refractivity contribution is 0.134. The highest BCUT2D eigenvalue weighted by atomic mass is 16.5. The Labute approximate surface area is 110 Å². The first-order valence-corrected chi connectivity index (χ1v) is 6.87. The fraction of sp³-hybridized carbons (Fsp3) is 0.643. The van der Waals surface area contributed by atoms with E-state index >= 15 is 0 Å². The largest absolute Gasteiger partial charge is 0.384 e. The molecule has 0 aliphatic rings. The third-order valence-electron chi connectivity index (χ3n) is 2.46. The molecule has 0 aliphatic carbocycles. The number of ether oxygens (including phenoxy) is 1. The summed E-state index contributed by atoms with van der Waals surface area (Å²) in [6.45, 7) is 7.86. The number of nitrogens with one attached hydrogen (secondary N) is 2. The minimum absolute atomic E-state index is 0.821. The smallest absolute Gasteiger partial charge is 0.0547 e. The van der Waals surface area contributed by atoms with Gasteiger partial charge in [0.1, 0.15) is 0 Å². The molecule has 102 valence electrons. The van der Waals surface area contributed by atoms with Gasteiger partial charge in [-0.1, -0.05) is 13.8 Å². The van der Waals surface area contributed by atoms with Gasteiger partial charge in [0.05, 0.1) is 23.8 Å². The third kappa shape index (κ3) is 6.45. The molecule has 0 fully saturated rings. The molecule has 0 aliphatic heterocycles. The molecule has 2 N–H and O–H groups in total. The van der Waals surface area contributed by atoms with Crippen LogP contribution in [-0.2, 0) is 4.74 Å². The maximum atomic E-state index is 5.43. The van der Waals surface area contributed by atoms with Gasteiger partial charge >= 0.3 is 0 Å². The fourth-order valence-electron chi connectivity index (χ4n) is 1.56. The van der Waals surface area contributed by atoms with Crippen LogP contribution >= 0.6 is 0 Å². The molecule has 0 unspecified atom stereocenters. The van der Waals surface area contributed by atoms with E-state index in [2.05, 4.69) is 35.5 Å². The number of pyridine rings is 1. The van der Waals surface area contributed by atoms with Crippen molar-refractivity contribution >= 4 is 11.4 Å². The summed E-state index contributed by atoms with van der Waals surface area (Å²) in [5.41, 5.74) is 2.13. The summed E-state index contributed by atoms with van der Waals surface area (Å²) in [6, 6.07) is 2.09. The van der Waals surface area contributed by atoms with Crippen molar-refractivity contribution in [2.45, 2.75) is 33.1 Å². The van der Waals surface area contributed by atoms with E-state index < -0.39 is 0 Å². The quantitative estimate of drug-likeness (QED) is 0.627. The van der Waals surface area contributed by atoms with Gasteiger partial charge < -0.3 is 15.4 Å². The maximum absolute atomic E-state index is 5.43. The monoisotopic (exact) mass is 251 g/mol. The normalized spacial score (nSPS) is 10.3. The molecule has 1 aromatic heterocycles. The summed E-state index contributed by atoms with van der Waals surface area (Å²) in [5, 5.41) is 6.68. The summed E-state index contributed by atoms with van der Waals surface area (Å²) in [7, 11) is 0. The first kappa shape index (κ1) is 14.8. The summed E-state index contributed by atoms with van der Waals surface area (Å²) < 4.78 is 5.43. The van der Waals surface area contributed by atoms with Crippen LogP contribution < -0.4 is 10.6 Å². The molecule has 1 aromatic rings. The Kier molecular flexibility index (Phi) is 7.97. The summed E-state index contributed by atoms with van der Waals surface area (Å²) in [5.74, 6) is 0. The van der Waals surface area contributed by atoms with Crippen molar-refractivity contribution in [2.75, 3.05) is 36.9 Å². The van der Waals surface area contributed by atoms with Crippen LogP contribution in [0.4, 0.5) is 11.4 Å². The molecule has 18 heavy (non-hydrogen) atoms. The minimum Gasteiger partial charge on any atom is -0.384 e. The van der Waals surface area contributed by atoms with Crippen LogP contribution in [0.1, 0.15) is 33.1 Å². The van der Waals surface area contributed by atoms with E-state index in [1.165, 1.54) is 0 Å². The lowest BCUT2D eigenvalue weighted by atomic mass is 10.3. The average molecular weight is 251 g/mol. The van der Waals surface area contributed by atoms with Crippen molar-refractivity contribution in [2.24, 2.45) is 0 Å². The number of rotatable bonds is 10. The predicted molar refractivity (Wildman–Crippen MR) is 77.2 cm³/mol. The summed E-state index contributed by atoms with van der Waals surface area (Å²) in [4.78, 5) is 4.21. The van der Waals surface area contributed by atoms with Gasteiger partial charge in [-0.25, -0.2) is 0 Å². The number of hydrogen-bond acceptors (Lipinski definition) is 4. The molecule has 4 nitrogen and oxygen atoms in total. The fourth-order valence-corrected chi connectivity index (χ4v) is 1.56. The number of aromatic nitrogens is 1. The highest BCUT2D eigenvalue weighted by Crippen LogP contribution is 2.12. The molecule has 4 heteroatoms. The average Bonchev–Trinajstić information content (AvgIpc) is 2.41. The van der Waals surface area contributed by atoms with Gasteiger partial charge in [-0.15, -0.1) is 0 Å². The van der Waals surface area contributed by atoms with Crippen LogP contribution in [0, 0.1) is 0 Å². The van der Waals surface area contributed by atoms with Gasteiger partial charge in [0.25, 0.3) is 0 Å². The maximum Gasteiger partial charge on any atom is 0.0547 e. The van der Waals surface area contributed by atoms with Gasteiger partial charge in [-0.2, -0.15) is 0 Å². The van der Waals surface area contributed by atoms with Crippen LogP contribution in [0.15, 0.2) is 18.5 Å². The van der Waals surface area contributed by atoms with Gasteiger partial charge in [-0.3, -0.25) is 4.98 Å². The molecule has 0 aromatic carbocycles. The predicted octanol–water partition coefficient (Wildman–Crippen LogP) is 3.13. The van der Waals surface area contributed by atoms with E-state index in [0.717, 1.165) is 56.9 Å². The van der Waals surface area contributed by atoms with E-state index in [9.17, 15) is 0 Å². The molecular formula is C14H25N3O. The van der Waals surface area contributed by atoms with E-state index in [0.29, 0.717) is 0 Å². The molecule has 0 spiro atoms. The van der Waals surface area contributed by atoms with Crippen LogP contribution in [0.5, 0.6) is 0 Å². The number of nitrogens with zero attached hydrogens (tertiary/aromatic N) is 1. The number of hydrogen-bond donors (Lipinski definition) is 2. The Morgan fingerprint density at radius 1 is 1.00 bits per heavy atom. The van der Waals surface area contributed by atoms with E-state index in [1.807, 2.05) is 12.4 Å². The van der Waals surface area contributed by atoms with E-state index in [-0.39, 0.29) is 0 Å². The molecule has 0 atom stereocenters. The molecular weight excluding hydrogens is 226 g/mol. The number of anilines is 2. The SMILES string of the molecule is CCCNc1cncc(NCCCOCCC)c1. The second-order valence-electron chi connectivity index (χ2n) is 4.28. The van der Waals surface area contributed by atoms with E-state index in [4.69, 9.17) is 4.74 Å². The Morgan fingerprint density at radius 3 is 2.39 bits per heavy atom. The first-order chi connectivity index (χ1) is 8.86. The summed E-state index contributed by atoms with van der Waals surface area (Å²) >= 11 is 0. The van der Waals surface area contributed by atoms with Crippen molar-refractivity contribution in [1.82, 2.24) is 4.98 Å². The molecule has 0 amide bonds. The standard InChI is InChI=1S/C14H25N3O/c1-3-6-16-13-10-14(12-15-11-13)17-7-5-9-18-8-4-2/h10-12,16-17H,3-9H2,1-2H3. The highest BCUT2D eigenvalue weighted by Gasteiger charge is 1.96. The van der Waals surface area contributed by atoms with Crippen molar-refractivity contribution in [1.29, 1.82) is 0 Å². The Hall–Kier alpha value is -1.29. The van der Waals surface area contributed by atoms with Gasteiger partial charge in [-0.05, 0) is 25.3 Å². The summed E-state index contributed by atoms with van der Waals surface area (Å²) in [6.07, 6.45) is 6.93. The molecule has 0 radical (unpaired) electrons. The zero-order chi connectivity index (χ0) is 13.1. The van der Waals surface area contributed by atoms with Crippen molar-refractivity contribution < 1.29 is 4.74 Å². The molecule has 1 rings (SSSR count). The molecule has 1 heterocycles. The van der Waals surface area contributed by atoms with Gasteiger partial charge in [0.2, 0.25) is 0 Å². The second kappa shape index (κ2) is 9.71. The first-order valence-electron chi connectivity index (χ1n) is 6.87. The zero-order valence-electron chi connectivity index (χ0n) is 11.5. The molecule has 0 saturated carbocycles. The molecule has 0 saturated heterocycles. The van der Waals surface area contributed by atoms with Gasteiger partial charge in [0, 0.05) is 26.3 Å². The lowest BCUT2D eigenvalue weighted by Crippen LogP contribution is -2.07. The van der Waals surface area contributed by atoms with Crippen molar-refractivity contribution in [3.05, 3.63) is 18.5 Å². The lowest BCUT2D eigenvalue weighted by Gasteiger charge is -2.09. The molecule has 0 bridgehead atoms. The van der Waals surface area contributed by atoms with Crippen molar-refractivity contribution in [3.8, 4) is 0 Å². The second-order valence-corrected chi connectivity index (χ2v) is 4.28.